The van der Waals surface area contributed by atoms with Crippen LogP contribution >= 0.6 is 34.4 Å². The van der Waals surface area contributed by atoms with E-state index in [9.17, 15) is 0 Å². The van der Waals surface area contributed by atoms with E-state index in [1.165, 1.54) is 9.88 Å². The molecule has 0 spiro atoms. The molecule has 0 saturated heterocycles. The molecule has 0 N–H and O–H groups in total. The van der Waals surface area contributed by atoms with Crippen LogP contribution in [0.1, 0.15) is 22.5 Å². The Labute approximate surface area is 136 Å². The molecule has 3 heterocycles. The van der Waals surface area contributed by atoms with Gasteiger partial charge in [0.2, 0.25) is 0 Å². The summed E-state index contributed by atoms with van der Waals surface area (Å²) in [5.41, 5.74) is 1.13. The summed E-state index contributed by atoms with van der Waals surface area (Å²) < 4.78 is 2.12. The normalized spacial score (nSPS) is 11.1. The molecule has 7 heteroatoms. The van der Waals surface area contributed by atoms with Crippen LogP contribution in [0.5, 0.6) is 0 Å². The van der Waals surface area contributed by atoms with Crippen LogP contribution in [0.4, 0.5) is 0 Å². The lowest BCUT2D eigenvalue weighted by atomic mass is 10.3. The highest BCUT2D eigenvalue weighted by molar-refractivity contribution is 7.98. The summed E-state index contributed by atoms with van der Waals surface area (Å²) in [4.78, 5) is 5.98. The van der Waals surface area contributed by atoms with Crippen LogP contribution < -0.4 is 0 Å². The average molecular weight is 337 g/mol. The van der Waals surface area contributed by atoms with Gasteiger partial charge < -0.3 is 4.57 Å². The topological polar surface area (TPSA) is 43.6 Å². The lowest BCUT2D eigenvalue weighted by Gasteiger charge is -2.04. The minimum atomic E-state index is 0.855. The molecular weight excluding hydrogens is 320 g/mol. The van der Waals surface area contributed by atoms with Gasteiger partial charge in [0.25, 0.3) is 0 Å². The Hall–Kier alpha value is -1.18. The molecule has 3 aromatic rings. The molecule has 0 unspecified atom stereocenters. The van der Waals surface area contributed by atoms with Crippen molar-refractivity contribution in [3.05, 3.63) is 44.8 Å². The molecule has 4 nitrogen and oxygen atoms in total. The number of aromatic nitrogens is 4. The number of aryl methyl sites for hydroxylation is 3. The molecule has 3 aromatic heterocycles. The molecule has 0 amide bonds. The molecule has 0 fully saturated rings. The lowest BCUT2D eigenvalue weighted by molar-refractivity contribution is 0.637. The van der Waals surface area contributed by atoms with E-state index in [1.54, 1.807) is 34.4 Å². The summed E-state index contributed by atoms with van der Waals surface area (Å²) >= 11 is 5.23. The third kappa shape index (κ3) is 3.93. The van der Waals surface area contributed by atoms with Crippen LogP contribution in [0.3, 0.4) is 0 Å². The van der Waals surface area contributed by atoms with Crippen molar-refractivity contribution in [2.45, 2.75) is 37.2 Å². The second kappa shape index (κ2) is 7.20. The van der Waals surface area contributed by atoms with Gasteiger partial charge >= 0.3 is 0 Å². The summed E-state index contributed by atoms with van der Waals surface area (Å²) in [5, 5.41) is 14.7. The number of hydrogen-bond acceptors (Lipinski definition) is 6. The number of hydrogen-bond donors (Lipinski definition) is 0. The van der Waals surface area contributed by atoms with Gasteiger partial charge in [-0.3, -0.25) is 0 Å². The summed E-state index contributed by atoms with van der Waals surface area (Å²) in [5.74, 6) is 0.855. The van der Waals surface area contributed by atoms with E-state index in [0.717, 1.165) is 36.0 Å². The van der Waals surface area contributed by atoms with E-state index in [4.69, 9.17) is 0 Å². The molecule has 0 radical (unpaired) electrons. The lowest BCUT2D eigenvalue weighted by Crippen LogP contribution is -2.01. The Morgan fingerprint density at radius 3 is 3.05 bits per heavy atom. The largest absolute Gasteiger partial charge is 0.308 e. The molecule has 0 aromatic carbocycles. The molecular formula is C14H16N4S3. The second-order valence-electron chi connectivity index (χ2n) is 4.51. The van der Waals surface area contributed by atoms with Crippen molar-refractivity contribution in [1.29, 1.82) is 0 Å². The van der Waals surface area contributed by atoms with Crippen LogP contribution in [-0.4, -0.2) is 19.7 Å². The van der Waals surface area contributed by atoms with Crippen LogP contribution in [0.25, 0.3) is 0 Å². The fraction of sp³-hybridized carbons (Fsp3) is 0.357. The summed E-state index contributed by atoms with van der Waals surface area (Å²) in [6, 6.07) is 4.26. The minimum absolute atomic E-state index is 0.855. The van der Waals surface area contributed by atoms with Crippen molar-refractivity contribution in [2.75, 3.05) is 0 Å². The molecule has 0 aliphatic carbocycles. The fourth-order valence-corrected chi connectivity index (χ4v) is 4.29. The summed E-state index contributed by atoms with van der Waals surface area (Å²) in [6.45, 7) is 3.06. The van der Waals surface area contributed by atoms with Crippen molar-refractivity contribution < 1.29 is 0 Å². The van der Waals surface area contributed by atoms with Crippen molar-refractivity contribution in [3.63, 3.8) is 0 Å². The highest BCUT2D eigenvalue weighted by Gasteiger charge is 2.08. The Balaban J connectivity index is 1.57. The maximum atomic E-state index is 4.59. The standard InChI is InChI=1S/C14H16N4S3/c1-2-13-16-11(8-20-13)9-21-14-17-15-10-18(14)6-5-12-4-3-7-19-12/h3-4,7-8,10H,2,5-6,9H2,1H3. The highest BCUT2D eigenvalue weighted by Crippen LogP contribution is 2.22. The zero-order valence-corrected chi connectivity index (χ0v) is 14.2. The van der Waals surface area contributed by atoms with Gasteiger partial charge in [-0.05, 0) is 24.3 Å². The van der Waals surface area contributed by atoms with E-state index in [0.29, 0.717) is 0 Å². The van der Waals surface area contributed by atoms with Crippen LogP contribution in [0.2, 0.25) is 0 Å². The van der Waals surface area contributed by atoms with Gasteiger partial charge in [0.15, 0.2) is 5.16 Å². The minimum Gasteiger partial charge on any atom is -0.308 e. The maximum absolute atomic E-state index is 4.59. The predicted molar refractivity (Wildman–Crippen MR) is 89.1 cm³/mol. The molecule has 110 valence electrons. The van der Waals surface area contributed by atoms with E-state index < -0.39 is 0 Å². The molecule has 0 aliphatic heterocycles. The first-order chi connectivity index (χ1) is 10.3. The second-order valence-corrected chi connectivity index (χ2v) is 7.43. The van der Waals surface area contributed by atoms with Crippen molar-refractivity contribution in [1.82, 2.24) is 19.7 Å². The monoisotopic (exact) mass is 336 g/mol. The van der Waals surface area contributed by atoms with Gasteiger partial charge in [0, 0.05) is 22.6 Å². The van der Waals surface area contributed by atoms with E-state index in [2.05, 4.69) is 49.6 Å². The fourth-order valence-electron chi connectivity index (χ4n) is 1.91. The average Bonchev–Trinajstić information content (AvgIpc) is 3.24. The highest BCUT2D eigenvalue weighted by atomic mass is 32.2. The third-order valence-corrected chi connectivity index (χ3v) is 6.00. The Kier molecular flexibility index (Phi) is 5.05. The van der Waals surface area contributed by atoms with Crippen molar-refractivity contribution in [3.8, 4) is 0 Å². The van der Waals surface area contributed by atoms with Gasteiger partial charge in [0.05, 0.1) is 10.7 Å². The maximum Gasteiger partial charge on any atom is 0.191 e. The van der Waals surface area contributed by atoms with Crippen LogP contribution in [0, 0.1) is 0 Å². The smallest absolute Gasteiger partial charge is 0.191 e. The number of thiophene rings is 1. The number of rotatable bonds is 7. The van der Waals surface area contributed by atoms with Gasteiger partial charge in [-0.2, -0.15) is 0 Å². The van der Waals surface area contributed by atoms with Gasteiger partial charge in [-0.15, -0.1) is 32.9 Å². The van der Waals surface area contributed by atoms with Crippen LogP contribution in [0.15, 0.2) is 34.4 Å². The summed E-state index contributed by atoms with van der Waals surface area (Å²) in [6.07, 6.45) is 3.85. The first kappa shape index (κ1) is 14.7. The van der Waals surface area contributed by atoms with Crippen LogP contribution in [-0.2, 0) is 25.1 Å². The first-order valence-electron chi connectivity index (χ1n) is 6.81. The third-order valence-electron chi connectivity index (χ3n) is 3.01. The molecule has 0 atom stereocenters. The zero-order chi connectivity index (χ0) is 14.5. The number of thioether (sulfide) groups is 1. The van der Waals surface area contributed by atoms with Gasteiger partial charge in [0.1, 0.15) is 6.33 Å². The van der Waals surface area contributed by atoms with Gasteiger partial charge in [-0.25, -0.2) is 4.98 Å². The Morgan fingerprint density at radius 2 is 2.29 bits per heavy atom. The molecule has 0 bridgehead atoms. The van der Waals surface area contributed by atoms with Crippen molar-refractivity contribution >= 4 is 34.4 Å². The summed E-state index contributed by atoms with van der Waals surface area (Å²) in [7, 11) is 0. The van der Waals surface area contributed by atoms with E-state index >= 15 is 0 Å². The molecule has 0 saturated carbocycles. The van der Waals surface area contributed by atoms with Crippen molar-refractivity contribution in [2.24, 2.45) is 0 Å². The first-order valence-corrected chi connectivity index (χ1v) is 9.56. The molecule has 3 rings (SSSR count). The quantitative estimate of drug-likeness (QED) is 0.614. The number of nitrogens with zero attached hydrogens (tertiary/aromatic N) is 4. The van der Waals surface area contributed by atoms with E-state index in [1.807, 2.05) is 6.33 Å². The molecule has 21 heavy (non-hydrogen) atoms. The Bertz CT molecular complexity index is 672. The van der Waals surface area contributed by atoms with E-state index in [-0.39, 0.29) is 0 Å². The molecule has 0 aliphatic rings. The Morgan fingerprint density at radius 1 is 1.33 bits per heavy atom. The number of thiazole rings is 1. The predicted octanol–water partition coefficient (Wildman–Crippen LogP) is 3.89. The zero-order valence-electron chi connectivity index (χ0n) is 11.7. The SMILES string of the molecule is CCc1nc(CSc2nncn2CCc2cccs2)cs1. The van der Waals surface area contributed by atoms with Gasteiger partial charge in [-0.1, -0.05) is 24.8 Å².